The molecule has 2 fully saturated rings. The van der Waals surface area contributed by atoms with Crippen LogP contribution >= 0.6 is 0 Å². The van der Waals surface area contributed by atoms with Crippen LogP contribution in [0.1, 0.15) is 46.0 Å². The lowest BCUT2D eigenvalue weighted by Crippen LogP contribution is -2.31. The van der Waals surface area contributed by atoms with Crippen LogP contribution in [0.25, 0.3) is 0 Å². The molecule has 2 atom stereocenters. The van der Waals surface area contributed by atoms with Gasteiger partial charge in [0.05, 0.1) is 0 Å². The van der Waals surface area contributed by atoms with E-state index in [2.05, 4.69) is 28.5 Å². The summed E-state index contributed by atoms with van der Waals surface area (Å²) in [6, 6.07) is 10.1. The van der Waals surface area contributed by atoms with Gasteiger partial charge in [-0.2, -0.15) is 0 Å². The van der Waals surface area contributed by atoms with Gasteiger partial charge in [0.1, 0.15) is 0 Å². The number of anilines is 2. The van der Waals surface area contributed by atoms with E-state index < -0.39 is 0 Å². The summed E-state index contributed by atoms with van der Waals surface area (Å²) in [5.74, 6) is 0.0917. The van der Waals surface area contributed by atoms with Crippen LogP contribution in [0.15, 0.2) is 24.3 Å². The molecule has 1 saturated heterocycles. The monoisotopic (exact) mass is 301 g/mol. The molecule has 1 aliphatic heterocycles. The van der Waals surface area contributed by atoms with Gasteiger partial charge >= 0.3 is 0 Å². The fourth-order valence-electron chi connectivity index (χ4n) is 3.45. The summed E-state index contributed by atoms with van der Waals surface area (Å²) in [4.78, 5) is 14.3. The Balaban J connectivity index is 1.57. The Kier molecular flexibility index (Phi) is 4.67. The van der Waals surface area contributed by atoms with Gasteiger partial charge in [-0.25, -0.2) is 0 Å². The summed E-state index contributed by atoms with van der Waals surface area (Å²) in [5, 5.41) is 6.60. The van der Waals surface area contributed by atoms with Crippen molar-refractivity contribution in [3.8, 4) is 0 Å². The molecular formula is C18H27N3O. The Morgan fingerprint density at radius 2 is 2.09 bits per heavy atom. The van der Waals surface area contributed by atoms with Crippen molar-refractivity contribution in [2.45, 2.75) is 64.1 Å². The van der Waals surface area contributed by atoms with E-state index in [4.69, 9.17) is 0 Å². The van der Waals surface area contributed by atoms with Crippen LogP contribution < -0.4 is 10.6 Å². The molecule has 1 saturated carbocycles. The molecule has 0 spiro atoms. The number of nitrogens with one attached hydrogen (secondary N) is 2. The van der Waals surface area contributed by atoms with Crippen molar-refractivity contribution in [1.29, 1.82) is 0 Å². The molecule has 2 aliphatic rings. The Bertz CT molecular complexity index is 527. The van der Waals surface area contributed by atoms with Crippen LogP contribution in [0.2, 0.25) is 0 Å². The maximum Gasteiger partial charge on any atom is 0.224 e. The lowest BCUT2D eigenvalue weighted by molar-refractivity contribution is -0.116. The van der Waals surface area contributed by atoms with Crippen LogP contribution in [0.5, 0.6) is 0 Å². The van der Waals surface area contributed by atoms with E-state index >= 15 is 0 Å². The second-order valence-electron chi connectivity index (χ2n) is 6.73. The van der Waals surface area contributed by atoms with E-state index in [1.54, 1.807) is 0 Å². The molecule has 1 heterocycles. The van der Waals surface area contributed by atoms with Crippen molar-refractivity contribution in [2.24, 2.45) is 0 Å². The molecule has 120 valence electrons. The molecule has 3 rings (SSSR count). The third-order valence-corrected chi connectivity index (χ3v) is 4.63. The van der Waals surface area contributed by atoms with Crippen LogP contribution in [0.4, 0.5) is 11.4 Å². The van der Waals surface area contributed by atoms with E-state index in [9.17, 15) is 4.79 Å². The first-order valence-electron chi connectivity index (χ1n) is 8.58. The van der Waals surface area contributed by atoms with Crippen molar-refractivity contribution in [3.05, 3.63) is 24.3 Å². The van der Waals surface area contributed by atoms with Gasteiger partial charge in [-0.15, -0.1) is 0 Å². The number of benzene rings is 1. The highest BCUT2D eigenvalue weighted by atomic mass is 16.1. The third-order valence-electron chi connectivity index (χ3n) is 4.63. The zero-order chi connectivity index (χ0) is 15.5. The topological polar surface area (TPSA) is 44.4 Å². The Labute approximate surface area is 133 Å². The average Bonchev–Trinajstić information content (AvgIpc) is 3.24. The number of carbonyl (C=O) groups excluding carboxylic acids is 1. The van der Waals surface area contributed by atoms with Crippen molar-refractivity contribution in [3.63, 3.8) is 0 Å². The molecular weight excluding hydrogens is 274 g/mol. The summed E-state index contributed by atoms with van der Waals surface area (Å²) in [5.41, 5.74) is 1.98. The van der Waals surface area contributed by atoms with Crippen molar-refractivity contribution in [1.82, 2.24) is 4.90 Å². The van der Waals surface area contributed by atoms with E-state index in [0.29, 0.717) is 18.5 Å². The molecule has 0 aromatic heterocycles. The molecule has 1 aromatic rings. The van der Waals surface area contributed by atoms with Gasteiger partial charge in [0, 0.05) is 42.5 Å². The third kappa shape index (κ3) is 3.80. The van der Waals surface area contributed by atoms with Crippen LogP contribution in [-0.4, -0.2) is 35.5 Å². The second kappa shape index (κ2) is 6.69. The maximum atomic E-state index is 11.7. The Morgan fingerprint density at radius 3 is 2.82 bits per heavy atom. The fraction of sp³-hybridized carbons (Fsp3) is 0.611. The largest absolute Gasteiger partial charge is 0.381 e. The number of carbonyl (C=O) groups is 1. The van der Waals surface area contributed by atoms with Gasteiger partial charge in [-0.3, -0.25) is 9.69 Å². The highest BCUT2D eigenvalue weighted by Crippen LogP contribution is 2.34. The average molecular weight is 301 g/mol. The van der Waals surface area contributed by atoms with E-state index in [1.807, 2.05) is 25.1 Å². The first-order chi connectivity index (χ1) is 10.7. The summed E-state index contributed by atoms with van der Waals surface area (Å²) in [6.07, 6.45) is 5.39. The van der Waals surface area contributed by atoms with Gasteiger partial charge in [-0.1, -0.05) is 13.0 Å². The number of likely N-dealkylation sites (tertiary alicyclic amines) is 1. The zero-order valence-corrected chi connectivity index (χ0v) is 13.6. The SMILES string of the molecule is CCCC(=O)Nc1cccc(N[C@@H]2C[C@H](C)N(C3CC3)C2)c1. The molecule has 1 aromatic carbocycles. The first kappa shape index (κ1) is 15.3. The molecule has 2 N–H and O–H groups in total. The number of hydrogen-bond donors (Lipinski definition) is 2. The quantitative estimate of drug-likeness (QED) is 0.845. The summed E-state index contributed by atoms with van der Waals surface area (Å²) < 4.78 is 0. The second-order valence-corrected chi connectivity index (χ2v) is 6.73. The Morgan fingerprint density at radius 1 is 1.32 bits per heavy atom. The number of rotatable bonds is 6. The van der Waals surface area contributed by atoms with Gasteiger partial charge in [0.25, 0.3) is 0 Å². The number of amides is 1. The molecule has 4 nitrogen and oxygen atoms in total. The van der Waals surface area contributed by atoms with Crippen LogP contribution in [-0.2, 0) is 4.79 Å². The standard InChI is InChI=1S/C18H27N3O/c1-3-5-18(22)20-15-7-4-6-14(11-15)19-16-10-13(2)21(12-16)17-8-9-17/h4,6-7,11,13,16-17,19H,3,5,8-10,12H2,1-2H3,(H,20,22)/t13-,16+/m0/s1. The number of nitrogens with zero attached hydrogens (tertiary/aromatic N) is 1. The van der Waals surface area contributed by atoms with Crippen molar-refractivity contribution < 1.29 is 4.79 Å². The highest BCUT2D eigenvalue weighted by molar-refractivity contribution is 5.91. The Hall–Kier alpha value is -1.55. The normalized spacial score (nSPS) is 25.2. The van der Waals surface area contributed by atoms with Gasteiger partial charge in [0.2, 0.25) is 5.91 Å². The van der Waals surface area contributed by atoms with Gasteiger partial charge in [-0.05, 0) is 50.8 Å². The minimum absolute atomic E-state index is 0.0917. The molecule has 0 unspecified atom stereocenters. The van der Waals surface area contributed by atoms with Crippen LogP contribution in [0.3, 0.4) is 0 Å². The first-order valence-corrected chi connectivity index (χ1v) is 8.58. The van der Waals surface area contributed by atoms with E-state index in [-0.39, 0.29) is 5.91 Å². The minimum atomic E-state index is 0.0917. The molecule has 22 heavy (non-hydrogen) atoms. The summed E-state index contributed by atoms with van der Waals surface area (Å²) >= 11 is 0. The highest BCUT2D eigenvalue weighted by Gasteiger charge is 2.38. The smallest absolute Gasteiger partial charge is 0.224 e. The van der Waals surface area contributed by atoms with E-state index in [0.717, 1.165) is 30.4 Å². The minimum Gasteiger partial charge on any atom is -0.381 e. The molecule has 4 heteroatoms. The molecule has 1 amide bonds. The predicted octanol–water partition coefficient (Wildman–Crippen LogP) is 3.46. The van der Waals surface area contributed by atoms with Crippen molar-refractivity contribution in [2.75, 3.05) is 17.2 Å². The van der Waals surface area contributed by atoms with Gasteiger partial charge < -0.3 is 10.6 Å². The predicted molar refractivity (Wildman–Crippen MR) is 91.2 cm³/mol. The van der Waals surface area contributed by atoms with E-state index in [1.165, 1.54) is 19.3 Å². The lowest BCUT2D eigenvalue weighted by atomic mass is 10.1. The molecule has 0 bridgehead atoms. The molecule has 1 aliphatic carbocycles. The van der Waals surface area contributed by atoms with Crippen LogP contribution in [0, 0.1) is 0 Å². The lowest BCUT2D eigenvalue weighted by Gasteiger charge is -2.20. The number of hydrogen-bond acceptors (Lipinski definition) is 3. The van der Waals surface area contributed by atoms with Gasteiger partial charge in [0.15, 0.2) is 0 Å². The summed E-state index contributed by atoms with van der Waals surface area (Å²) in [7, 11) is 0. The molecule has 0 radical (unpaired) electrons. The van der Waals surface area contributed by atoms with Crippen molar-refractivity contribution >= 4 is 17.3 Å². The fourth-order valence-corrected chi connectivity index (χ4v) is 3.45. The zero-order valence-electron chi connectivity index (χ0n) is 13.6. The summed E-state index contributed by atoms with van der Waals surface area (Å²) in [6.45, 7) is 5.49. The maximum absolute atomic E-state index is 11.7.